The number of nitrogens with one attached hydrogen (secondary N) is 1. The zero-order valence-electron chi connectivity index (χ0n) is 12.7. The van der Waals surface area contributed by atoms with Gasteiger partial charge in [0.25, 0.3) is 0 Å². The molecule has 1 aromatic carbocycles. The number of rotatable bonds is 7. The topological polar surface area (TPSA) is 38.3 Å². The zero-order chi connectivity index (χ0) is 14.4. The number of benzene rings is 1. The molecule has 0 aromatic heterocycles. The van der Waals surface area contributed by atoms with Crippen LogP contribution in [0.2, 0.25) is 0 Å². The molecule has 0 radical (unpaired) electrons. The summed E-state index contributed by atoms with van der Waals surface area (Å²) in [7, 11) is 1.62. The van der Waals surface area contributed by atoms with Crippen molar-refractivity contribution in [1.82, 2.24) is 5.32 Å². The fraction of sp³-hybridized carbons (Fsp3) is 0.562. The standard InChI is InChI=1S/C16H25NO2/c1-11(2)17-8-6-7-14(18)16-13(4)9-12(3)10-15(16)19-5/h9-11,17H,6-8H2,1-5H3. The monoisotopic (exact) mass is 263 g/mol. The van der Waals surface area contributed by atoms with E-state index in [1.165, 1.54) is 0 Å². The molecule has 3 heteroatoms. The van der Waals surface area contributed by atoms with Crippen LogP contribution in [0, 0.1) is 13.8 Å². The van der Waals surface area contributed by atoms with Crippen LogP contribution in [0.1, 0.15) is 48.2 Å². The Hall–Kier alpha value is -1.35. The van der Waals surface area contributed by atoms with Crippen molar-refractivity contribution in [2.75, 3.05) is 13.7 Å². The second kappa shape index (κ2) is 7.29. The highest BCUT2D eigenvalue weighted by atomic mass is 16.5. The lowest BCUT2D eigenvalue weighted by Gasteiger charge is -2.12. The first-order valence-corrected chi connectivity index (χ1v) is 6.87. The van der Waals surface area contributed by atoms with E-state index < -0.39 is 0 Å². The molecule has 19 heavy (non-hydrogen) atoms. The average molecular weight is 263 g/mol. The molecule has 0 aliphatic rings. The lowest BCUT2D eigenvalue weighted by molar-refractivity contribution is 0.0976. The van der Waals surface area contributed by atoms with Gasteiger partial charge < -0.3 is 10.1 Å². The van der Waals surface area contributed by atoms with E-state index in [9.17, 15) is 4.79 Å². The van der Waals surface area contributed by atoms with E-state index in [4.69, 9.17) is 4.74 Å². The van der Waals surface area contributed by atoms with Crippen LogP contribution in [0.15, 0.2) is 12.1 Å². The van der Waals surface area contributed by atoms with Gasteiger partial charge in [0.2, 0.25) is 0 Å². The molecular weight excluding hydrogens is 238 g/mol. The molecule has 0 bridgehead atoms. The van der Waals surface area contributed by atoms with Crippen LogP contribution < -0.4 is 10.1 Å². The normalized spacial score (nSPS) is 10.8. The molecule has 1 N–H and O–H groups in total. The minimum Gasteiger partial charge on any atom is -0.496 e. The lowest BCUT2D eigenvalue weighted by Crippen LogP contribution is -2.24. The maximum Gasteiger partial charge on any atom is 0.166 e. The molecular formula is C16H25NO2. The molecule has 1 aromatic rings. The van der Waals surface area contributed by atoms with Gasteiger partial charge in [0.05, 0.1) is 12.7 Å². The van der Waals surface area contributed by atoms with Gasteiger partial charge in [-0.3, -0.25) is 4.79 Å². The molecule has 106 valence electrons. The minimum absolute atomic E-state index is 0.167. The maximum atomic E-state index is 12.3. The minimum atomic E-state index is 0.167. The summed E-state index contributed by atoms with van der Waals surface area (Å²) in [5.74, 6) is 0.860. The van der Waals surface area contributed by atoms with Crippen molar-refractivity contribution in [3.63, 3.8) is 0 Å². The third kappa shape index (κ3) is 4.67. The third-order valence-electron chi connectivity index (χ3n) is 3.08. The fourth-order valence-corrected chi connectivity index (χ4v) is 2.21. The largest absolute Gasteiger partial charge is 0.496 e. The molecule has 0 spiro atoms. The van der Waals surface area contributed by atoms with E-state index in [-0.39, 0.29) is 5.78 Å². The van der Waals surface area contributed by atoms with E-state index in [2.05, 4.69) is 19.2 Å². The molecule has 0 saturated carbocycles. The van der Waals surface area contributed by atoms with Crippen molar-refractivity contribution in [3.8, 4) is 5.75 Å². The number of carbonyl (C=O) groups excluding carboxylic acids is 1. The van der Waals surface area contributed by atoms with E-state index >= 15 is 0 Å². The Balaban J connectivity index is 2.71. The molecule has 0 amide bonds. The highest BCUT2D eigenvalue weighted by Crippen LogP contribution is 2.25. The predicted octanol–water partition coefficient (Wildman–Crippen LogP) is 3.27. The van der Waals surface area contributed by atoms with Crippen molar-refractivity contribution < 1.29 is 9.53 Å². The molecule has 3 nitrogen and oxygen atoms in total. The van der Waals surface area contributed by atoms with Crippen molar-refractivity contribution in [3.05, 3.63) is 28.8 Å². The summed E-state index contributed by atoms with van der Waals surface area (Å²) in [4.78, 5) is 12.3. The third-order valence-corrected chi connectivity index (χ3v) is 3.08. The Bertz CT molecular complexity index is 439. The van der Waals surface area contributed by atoms with Crippen LogP contribution in [0.5, 0.6) is 5.75 Å². The first-order chi connectivity index (χ1) is 8.95. The number of hydrogen-bond donors (Lipinski definition) is 1. The Labute approximate surface area is 116 Å². The number of ether oxygens (including phenoxy) is 1. The molecule has 0 unspecified atom stereocenters. The van der Waals surface area contributed by atoms with Gasteiger partial charge in [0.15, 0.2) is 5.78 Å². The lowest BCUT2D eigenvalue weighted by atomic mass is 9.98. The smallest absolute Gasteiger partial charge is 0.166 e. The highest BCUT2D eigenvalue weighted by Gasteiger charge is 2.15. The van der Waals surface area contributed by atoms with Crippen LogP contribution in [-0.2, 0) is 0 Å². The second-order valence-electron chi connectivity index (χ2n) is 5.29. The molecule has 0 atom stereocenters. The number of ketones is 1. The first kappa shape index (κ1) is 15.7. The summed E-state index contributed by atoms with van der Waals surface area (Å²) < 4.78 is 5.34. The number of Topliss-reactive ketones (excluding diaryl/α,β-unsaturated/α-hetero) is 1. The summed E-state index contributed by atoms with van der Waals surface area (Å²) in [5, 5.41) is 3.32. The molecule has 1 rings (SSSR count). The maximum absolute atomic E-state index is 12.3. The van der Waals surface area contributed by atoms with E-state index in [0.29, 0.717) is 18.2 Å². The van der Waals surface area contributed by atoms with Gasteiger partial charge in [0, 0.05) is 12.5 Å². The Morgan fingerprint density at radius 3 is 2.58 bits per heavy atom. The number of carbonyl (C=O) groups is 1. The highest BCUT2D eigenvalue weighted by molar-refractivity contribution is 6.00. The van der Waals surface area contributed by atoms with Crippen LogP contribution in [0.4, 0.5) is 0 Å². The summed E-state index contributed by atoms with van der Waals surface area (Å²) in [5.41, 5.74) is 2.85. The van der Waals surface area contributed by atoms with Gasteiger partial charge >= 0.3 is 0 Å². The average Bonchev–Trinajstić information content (AvgIpc) is 2.33. The Kier molecular flexibility index (Phi) is 6.03. The number of methoxy groups -OCH3 is 1. The molecule has 0 heterocycles. The van der Waals surface area contributed by atoms with Crippen LogP contribution in [-0.4, -0.2) is 25.5 Å². The Morgan fingerprint density at radius 2 is 2.00 bits per heavy atom. The van der Waals surface area contributed by atoms with Crippen molar-refractivity contribution in [2.24, 2.45) is 0 Å². The van der Waals surface area contributed by atoms with Crippen LogP contribution in [0.25, 0.3) is 0 Å². The van der Waals surface area contributed by atoms with Gasteiger partial charge in [-0.15, -0.1) is 0 Å². The van der Waals surface area contributed by atoms with Crippen LogP contribution >= 0.6 is 0 Å². The molecule has 0 aliphatic heterocycles. The summed E-state index contributed by atoms with van der Waals surface area (Å²) in [6.07, 6.45) is 1.41. The fourth-order valence-electron chi connectivity index (χ4n) is 2.21. The van der Waals surface area contributed by atoms with Crippen molar-refractivity contribution in [2.45, 2.75) is 46.6 Å². The van der Waals surface area contributed by atoms with Gasteiger partial charge in [-0.1, -0.05) is 19.9 Å². The summed E-state index contributed by atoms with van der Waals surface area (Å²) in [6, 6.07) is 4.42. The molecule has 0 aliphatic carbocycles. The summed E-state index contributed by atoms with van der Waals surface area (Å²) in [6.45, 7) is 9.06. The van der Waals surface area contributed by atoms with E-state index in [1.807, 2.05) is 26.0 Å². The first-order valence-electron chi connectivity index (χ1n) is 6.87. The van der Waals surface area contributed by atoms with Gasteiger partial charge in [0.1, 0.15) is 5.75 Å². The van der Waals surface area contributed by atoms with E-state index in [0.717, 1.165) is 29.7 Å². The Morgan fingerprint density at radius 1 is 1.32 bits per heavy atom. The van der Waals surface area contributed by atoms with Crippen molar-refractivity contribution in [1.29, 1.82) is 0 Å². The second-order valence-corrected chi connectivity index (χ2v) is 5.29. The van der Waals surface area contributed by atoms with E-state index in [1.54, 1.807) is 7.11 Å². The SMILES string of the molecule is COc1cc(C)cc(C)c1C(=O)CCCNC(C)C. The van der Waals surface area contributed by atoms with Crippen molar-refractivity contribution >= 4 is 5.78 Å². The number of hydrogen-bond acceptors (Lipinski definition) is 3. The van der Waals surface area contributed by atoms with Gasteiger partial charge in [-0.05, 0) is 44.0 Å². The quantitative estimate of drug-likeness (QED) is 0.606. The van der Waals surface area contributed by atoms with Gasteiger partial charge in [-0.25, -0.2) is 0 Å². The van der Waals surface area contributed by atoms with Crippen LogP contribution in [0.3, 0.4) is 0 Å². The van der Waals surface area contributed by atoms with Gasteiger partial charge in [-0.2, -0.15) is 0 Å². The zero-order valence-corrected chi connectivity index (χ0v) is 12.7. The summed E-state index contributed by atoms with van der Waals surface area (Å²) >= 11 is 0. The molecule has 0 fully saturated rings. The number of aryl methyl sites for hydroxylation is 2. The molecule has 0 saturated heterocycles. The predicted molar refractivity (Wildman–Crippen MR) is 79.2 cm³/mol.